The molecule has 0 saturated carbocycles. The zero-order chi connectivity index (χ0) is 11.3. The molecule has 0 unspecified atom stereocenters. The Balaban J connectivity index is 2.57. The molecular weight excluding hydrogens is 198 g/mol. The first kappa shape index (κ1) is 12.1. The van der Waals surface area contributed by atoms with Crippen molar-refractivity contribution in [2.45, 2.75) is 13.5 Å². The molecule has 0 fully saturated rings. The fourth-order valence-electron chi connectivity index (χ4n) is 1.29. The Bertz CT molecular complexity index is 327. The quantitative estimate of drug-likeness (QED) is 0.727. The van der Waals surface area contributed by atoms with Gasteiger partial charge in [-0.15, -0.1) is 0 Å². The zero-order valence-electron chi connectivity index (χ0n) is 9.03. The van der Waals surface area contributed by atoms with Crippen molar-refractivity contribution in [3.05, 3.63) is 34.9 Å². The lowest BCUT2D eigenvalue weighted by Crippen LogP contribution is -2.24. The summed E-state index contributed by atoms with van der Waals surface area (Å²) in [6.45, 7) is 3.63. The van der Waals surface area contributed by atoms with Crippen LogP contribution in [0, 0.1) is 18.6 Å². The van der Waals surface area contributed by atoms with E-state index in [1.807, 2.05) is 7.05 Å². The molecule has 0 atom stereocenters. The summed E-state index contributed by atoms with van der Waals surface area (Å²) in [7, 11) is 1.85. The van der Waals surface area contributed by atoms with Gasteiger partial charge in [0.1, 0.15) is 11.6 Å². The summed E-state index contributed by atoms with van der Waals surface area (Å²) in [5.74, 6) is -0.985. The second kappa shape index (κ2) is 5.78. The van der Waals surface area contributed by atoms with Gasteiger partial charge in [0.05, 0.1) is 0 Å². The molecule has 1 aromatic carbocycles. The number of benzene rings is 1. The Kier molecular flexibility index (Phi) is 4.65. The minimum absolute atomic E-state index is 0.425. The number of aryl methyl sites for hydroxylation is 1. The Morgan fingerprint density at radius 2 is 1.87 bits per heavy atom. The molecule has 0 aromatic heterocycles. The molecule has 0 aliphatic rings. The van der Waals surface area contributed by atoms with E-state index < -0.39 is 11.6 Å². The zero-order valence-corrected chi connectivity index (χ0v) is 9.03. The summed E-state index contributed by atoms with van der Waals surface area (Å²) >= 11 is 0. The maximum atomic E-state index is 13.2. The predicted octanol–water partition coefficient (Wildman–Crippen LogP) is 1.58. The highest BCUT2D eigenvalue weighted by molar-refractivity contribution is 5.25. The molecule has 0 heterocycles. The number of hydrogen-bond donors (Lipinski definition) is 2. The first-order valence-electron chi connectivity index (χ1n) is 4.95. The number of hydrogen-bond acceptors (Lipinski definition) is 2. The summed E-state index contributed by atoms with van der Waals surface area (Å²) in [6.07, 6.45) is 0. The Hall–Kier alpha value is -1.00. The van der Waals surface area contributed by atoms with Gasteiger partial charge in [-0.2, -0.15) is 0 Å². The molecule has 0 radical (unpaired) electrons. The van der Waals surface area contributed by atoms with Crippen LogP contribution in [0.25, 0.3) is 0 Å². The van der Waals surface area contributed by atoms with Gasteiger partial charge in [0.15, 0.2) is 0 Å². The second-order valence-electron chi connectivity index (χ2n) is 3.47. The van der Waals surface area contributed by atoms with Crippen molar-refractivity contribution in [1.29, 1.82) is 0 Å². The highest BCUT2D eigenvalue weighted by atomic mass is 19.1. The fourth-order valence-corrected chi connectivity index (χ4v) is 1.29. The van der Waals surface area contributed by atoms with Crippen molar-refractivity contribution in [1.82, 2.24) is 10.6 Å². The van der Waals surface area contributed by atoms with Crippen LogP contribution < -0.4 is 10.6 Å². The SMILES string of the molecule is CNCCNCc1cc(C)c(F)cc1F. The van der Waals surface area contributed by atoms with Crippen LogP contribution in [0.5, 0.6) is 0 Å². The van der Waals surface area contributed by atoms with Crippen LogP contribution in [0.2, 0.25) is 0 Å². The molecule has 15 heavy (non-hydrogen) atoms. The average molecular weight is 214 g/mol. The minimum Gasteiger partial charge on any atom is -0.318 e. The van der Waals surface area contributed by atoms with Gasteiger partial charge in [-0.3, -0.25) is 0 Å². The minimum atomic E-state index is -0.494. The lowest BCUT2D eigenvalue weighted by molar-refractivity contribution is 0.554. The number of nitrogens with one attached hydrogen (secondary N) is 2. The topological polar surface area (TPSA) is 24.1 Å². The van der Waals surface area contributed by atoms with Gasteiger partial charge in [-0.25, -0.2) is 8.78 Å². The van der Waals surface area contributed by atoms with Crippen molar-refractivity contribution >= 4 is 0 Å². The van der Waals surface area contributed by atoms with Gasteiger partial charge in [0.2, 0.25) is 0 Å². The van der Waals surface area contributed by atoms with Gasteiger partial charge in [0.25, 0.3) is 0 Å². The van der Waals surface area contributed by atoms with Crippen molar-refractivity contribution in [3.63, 3.8) is 0 Å². The lowest BCUT2D eigenvalue weighted by atomic mass is 10.1. The molecule has 0 bridgehead atoms. The third kappa shape index (κ3) is 3.57. The maximum Gasteiger partial charge on any atom is 0.130 e. The molecule has 2 N–H and O–H groups in total. The van der Waals surface area contributed by atoms with Crippen molar-refractivity contribution < 1.29 is 8.78 Å². The molecule has 2 nitrogen and oxygen atoms in total. The molecule has 0 aliphatic heterocycles. The maximum absolute atomic E-state index is 13.2. The lowest BCUT2D eigenvalue weighted by Gasteiger charge is -2.07. The predicted molar refractivity (Wildman–Crippen MR) is 56.7 cm³/mol. The molecule has 0 spiro atoms. The standard InChI is InChI=1S/C11H16F2N2/c1-8-5-9(7-15-4-3-14-2)11(13)6-10(8)12/h5-6,14-15H,3-4,7H2,1-2H3. The summed E-state index contributed by atoms with van der Waals surface area (Å²) < 4.78 is 26.2. The van der Waals surface area contributed by atoms with E-state index in [0.717, 1.165) is 19.2 Å². The van der Waals surface area contributed by atoms with E-state index in [4.69, 9.17) is 0 Å². The number of halogens is 2. The van der Waals surface area contributed by atoms with Crippen LogP contribution in [0.1, 0.15) is 11.1 Å². The molecule has 0 amide bonds. The van der Waals surface area contributed by atoms with Gasteiger partial charge in [0, 0.05) is 31.3 Å². The summed E-state index contributed by atoms with van der Waals surface area (Å²) in [6, 6.07) is 2.47. The van der Waals surface area contributed by atoms with E-state index >= 15 is 0 Å². The normalized spacial score (nSPS) is 10.7. The van der Waals surface area contributed by atoms with Crippen molar-refractivity contribution in [2.75, 3.05) is 20.1 Å². The van der Waals surface area contributed by atoms with Crippen LogP contribution in [-0.4, -0.2) is 20.1 Å². The summed E-state index contributed by atoms with van der Waals surface area (Å²) in [4.78, 5) is 0. The van der Waals surface area contributed by atoms with E-state index in [1.54, 1.807) is 6.92 Å². The van der Waals surface area contributed by atoms with E-state index in [9.17, 15) is 8.78 Å². The molecule has 4 heteroatoms. The monoisotopic (exact) mass is 214 g/mol. The van der Waals surface area contributed by atoms with E-state index in [2.05, 4.69) is 10.6 Å². The Morgan fingerprint density at radius 1 is 1.13 bits per heavy atom. The van der Waals surface area contributed by atoms with Crippen molar-refractivity contribution in [2.24, 2.45) is 0 Å². The summed E-state index contributed by atoms with van der Waals surface area (Å²) in [5.41, 5.74) is 0.979. The molecule has 1 rings (SSSR count). The third-order valence-electron chi connectivity index (χ3n) is 2.19. The Labute approximate surface area is 88.7 Å². The Morgan fingerprint density at radius 3 is 2.53 bits per heavy atom. The number of rotatable bonds is 5. The highest BCUT2D eigenvalue weighted by Crippen LogP contribution is 2.13. The molecule has 0 aliphatic carbocycles. The van der Waals surface area contributed by atoms with E-state index in [1.165, 1.54) is 6.07 Å². The van der Waals surface area contributed by atoms with E-state index in [0.29, 0.717) is 17.7 Å². The molecular formula is C11H16F2N2. The van der Waals surface area contributed by atoms with E-state index in [-0.39, 0.29) is 0 Å². The molecule has 0 saturated heterocycles. The fraction of sp³-hybridized carbons (Fsp3) is 0.455. The van der Waals surface area contributed by atoms with Crippen molar-refractivity contribution in [3.8, 4) is 0 Å². The van der Waals surface area contributed by atoms with Gasteiger partial charge in [-0.1, -0.05) is 0 Å². The first-order valence-corrected chi connectivity index (χ1v) is 4.95. The third-order valence-corrected chi connectivity index (χ3v) is 2.19. The molecule has 1 aromatic rings. The molecule has 84 valence electrons. The smallest absolute Gasteiger partial charge is 0.130 e. The summed E-state index contributed by atoms with van der Waals surface area (Å²) in [5, 5.41) is 6.04. The van der Waals surface area contributed by atoms with Gasteiger partial charge in [-0.05, 0) is 25.6 Å². The second-order valence-corrected chi connectivity index (χ2v) is 3.47. The first-order chi connectivity index (χ1) is 7.15. The van der Waals surface area contributed by atoms with Gasteiger partial charge < -0.3 is 10.6 Å². The van der Waals surface area contributed by atoms with Crippen LogP contribution in [-0.2, 0) is 6.54 Å². The van der Waals surface area contributed by atoms with Gasteiger partial charge >= 0.3 is 0 Å². The average Bonchev–Trinajstić information content (AvgIpc) is 2.20. The highest BCUT2D eigenvalue weighted by Gasteiger charge is 2.06. The number of likely N-dealkylation sites (N-methyl/N-ethyl adjacent to an activating group) is 1. The van der Waals surface area contributed by atoms with Crippen LogP contribution >= 0.6 is 0 Å². The van der Waals surface area contributed by atoms with Crippen LogP contribution in [0.15, 0.2) is 12.1 Å². The van der Waals surface area contributed by atoms with Crippen LogP contribution in [0.4, 0.5) is 8.78 Å². The largest absolute Gasteiger partial charge is 0.318 e. The van der Waals surface area contributed by atoms with Crippen LogP contribution in [0.3, 0.4) is 0 Å².